The maximum Gasteiger partial charge on any atom is 0.343 e. The lowest BCUT2D eigenvalue weighted by molar-refractivity contribution is 0.0734. The number of hydrogen-bond acceptors (Lipinski definition) is 3. The first-order valence-corrected chi connectivity index (χ1v) is 6.11. The molecule has 0 heterocycles. The summed E-state index contributed by atoms with van der Waals surface area (Å²) in [7, 11) is 0. The molecule has 0 N–H and O–H groups in total. The second-order valence-corrected chi connectivity index (χ2v) is 4.06. The van der Waals surface area contributed by atoms with Gasteiger partial charge >= 0.3 is 5.97 Å². The predicted octanol–water partition coefficient (Wildman–Crippen LogP) is 3.50. The van der Waals surface area contributed by atoms with Gasteiger partial charge in [0, 0.05) is 12.0 Å². The zero-order valence-electron chi connectivity index (χ0n) is 10.6. The van der Waals surface area contributed by atoms with Crippen LogP contribution in [0, 0.1) is 0 Å². The molecule has 0 unspecified atom stereocenters. The van der Waals surface area contributed by atoms with Crippen molar-refractivity contribution in [3.8, 4) is 5.75 Å². The standard InChI is InChI=1S/C16H14O3/c1-2-15(17)12-8-10-14(11-9-12)19-16(18)13-6-4-3-5-7-13/h3-11H,2H2,1H3. The number of esters is 1. The van der Waals surface area contributed by atoms with E-state index in [1.54, 1.807) is 48.5 Å². The Hall–Kier alpha value is -2.42. The van der Waals surface area contributed by atoms with Gasteiger partial charge < -0.3 is 4.74 Å². The van der Waals surface area contributed by atoms with Crippen molar-refractivity contribution in [1.29, 1.82) is 0 Å². The van der Waals surface area contributed by atoms with Crippen molar-refractivity contribution in [3.05, 3.63) is 65.7 Å². The van der Waals surface area contributed by atoms with Crippen LogP contribution in [-0.4, -0.2) is 11.8 Å². The largest absolute Gasteiger partial charge is 0.423 e. The summed E-state index contributed by atoms with van der Waals surface area (Å²) in [6, 6.07) is 15.4. The Kier molecular flexibility index (Phi) is 4.08. The highest BCUT2D eigenvalue weighted by Crippen LogP contribution is 2.15. The third-order valence-electron chi connectivity index (χ3n) is 2.72. The number of carbonyl (C=O) groups is 2. The summed E-state index contributed by atoms with van der Waals surface area (Å²) < 4.78 is 5.22. The van der Waals surface area contributed by atoms with Crippen LogP contribution in [0.2, 0.25) is 0 Å². The molecule has 19 heavy (non-hydrogen) atoms. The molecule has 0 saturated carbocycles. The van der Waals surface area contributed by atoms with Crippen molar-refractivity contribution in [2.45, 2.75) is 13.3 Å². The highest BCUT2D eigenvalue weighted by molar-refractivity contribution is 5.96. The molecule has 0 aliphatic rings. The Morgan fingerprint density at radius 2 is 1.53 bits per heavy atom. The highest BCUT2D eigenvalue weighted by Gasteiger charge is 2.08. The van der Waals surface area contributed by atoms with Crippen LogP contribution in [0.25, 0.3) is 0 Å². The van der Waals surface area contributed by atoms with E-state index in [-0.39, 0.29) is 5.78 Å². The molecule has 3 heteroatoms. The Bertz CT molecular complexity index is 571. The van der Waals surface area contributed by atoms with E-state index < -0.39 is 5.97 Å². The molecule has 0 fully saturated rings. The molecule has 0 saturated heterocycles. The second-order valence-electron chi connectivity index (χ2n) is 4.06. The normalized spacial score (nSPS) is 9.95. The van der Waals surface area contributed by atoms with Gasteiger partial charge in [-0.05, 0) is 36.4 Å². The van der Waals surface area contributed by atoms with Gasteiger partial charge in [0.15, 0.2) is 5.78 Å². The molecular formula is C16H14O3. The molecule has 3 nitrogen and oxygen atoms in total. The number of rotatable bonds is 4. The van der Waals surface area contributed by atoms with E-state index in [0.717, 1.165) is 0 Å². The SMILES string of the molecule is CCC(=O)c1ccc(OC(=O)c2ccccc2)cc1. The lowest BCUT2D eigenvalue weighted by atomic mass is 10.1. The Labute approximate surface area is 111 Å². The number of ketones is 1. The summed E-state index contributed by atoms with van der Waals surface area (Å²) >= 11 is 0. The number of benzene rings is 2. The highest BCUT2D eigenvalue weighted by atomic mass is 16.5. The third-order valence-corrected chi connectivity index (χ3v) is 2.72. The number of ether oxygens (including phenoxy) is 1. The first kappa shape index (κ1) is 13.0. The minimum atomic E-state index is -0.407. The number of hydrogen-bond donors (Lipinski definition) is 0. The summed E-state index contributed by atoms with van der Waals surface area (Å²) in [6.45, 7) is 1.81. The molecule has 2 aromatic carbocycles. The van der Waals surface area contributed by atoms with Crippen molar-refractivity contribution < 1.29 is 14.3 Å². The molecule has 2 aromatic rings. The Morgan fingerprint density at radius 1 is 0.895 bits per heavy atom. The summed E-state index contributed by atoms with van der Waals surface area (Å²) in [4.78, 5) is 23.3. The first-order chi connectivity index (χ1) is 9.20. The lowest BCUT2D eigenvalue weighted by Crippen LogP contribution is -2.08. The predicted molar refractivity (Wildman–Crippen MR) is 72.5 cm³/mol. The zero-order valence-corrected chi connectivity index (χ0v) is 10.6. The van der Waals surface area contributed by atoms with Gasteiger partial charge in [-0.15, -0.1) is 0 Å². The summed E-state index contributed by atoms with van der Waals surface area (Å²) in [5.41, 5.74) is 1.12. The van der Waals surface area contributed by atoms with Crippen molar-refractivity contribution in [2.75, 3.05) is 0 Å². The number of carbonyl (C=O) groups excluding carboxylic acids is 2. The van der Waals surface area contributed by atoms with Crippen molar-refractivity contribution in [2.24, 2.45) is 0 Å². The fourth-order valence-corrected chi connectivity index (χ4v) is 1.65. The fourth-order valence-electron chi connectivity index (χ4n) is 1.65. The average molecular weight is 254 g/mol. The minimum absolute atomic E-state index is 0.0703. The third kappa shape index (κ3) is 3.28. The van der Waals surface area contributed by atoms with Gasteiger partial charge in [0.25, 0.3) is 0 Å². The first-order valence-electron chi connectivity index (χ1n) is 6.11. The van der Waals surface area contributed by atoms with Crippen molar-refractivity contribution in [3.63, 3.8) is 0 Å². The summed E-state index contributed by atoms with van der Waals surface area (Å²) in [5, 5.41) is 0. The van der Waals surface area contributed by atoms with Gasteiger partial charge in [-0.3, -0.25) is 4.79 Å². The molecule has 0 spiro atoms. The topological polar surface area (TPSA) is 43.4 Å². The minimum Gasteiger partial charge on any atom is -0.423 e. The fraction of sp³-hybridized carbons (Fsp3) is 0.125. The van der Waals surface area contributed by atoms with Gasteiger partial charge in [-0.1, -0.05) is 25.1 Å². The van der Waals surface area contributed by atoms with Crippen LogP contribution < -0.4 is 4.74 Å². The maximum atomic E-state index is 11.8. The molecule has 0 aliphatic heterocycles. The molecule has 0 amide bonds. The van der Waals surface area contributed by atoms with Gasteiger partial charge in [-0.25, -0.2) is 4.79 Å². The van der Waals surface area contributed by atoms with E-state index in [9.17, 15) is 9.59 Å². The zero-order chi connectivity index (χ0) is 13.7. The van der Waals surface area contributed by atoms with Crippen molar-refractivity contribution in [1.82, 2.24) is 0 Å². The van der Waals surface area contributed by atoms with Gasteiger partial charge in [-0.2, -0.15) is 0 Å². The van der Waals surface area contributed by atoms with Crippen LogP contribution in [0.1, 0.15) is 34.1 Å². The van der Waals surface area contributed by atoms with Crippen LogP contribution in [0.15, 0.2) is 54.6 Å². The monoisotopic (exact) mass is 254 g/mol. The smallest absolute Gasteiger partial charge is 0.343 e. The molecule has 96 valence electrons. The van der Waals surface area contributed by atoms with E-state index in [2.05, 4.69) is 0 Å². The van der Waals surface area contributed by atoms with Crippen molar-refractivity contribution >= 4 is 11.8 Å². The molecule has 0 radical (unpaired) electrons. The van der Waals surface area contributed by atoms with Crippen LogP contribution in [0.3, 0.4) is 0 Å². The van der Waals surface area contributed by atoms with Crippen LogP contribution >= 0.6 is 0 Å². The Balaban J connectivity index is 2.08. The van der Waals surface area contributed by atoms with Gasteiger partial charge in [0.1, 0.15) is 5.75 Å². The van der Waals surface area contributed by atoms with Crippen LogP contribution in [0.4, 0.5) is 0 Å². The Morgan fingerprint density at radius 3 is 2.11 bits per heavy atom. The number of Topliss-reactive ketones (excluding diaryl/α,β-unsaturated/α-hetero) is 1. The van der Waals surface area contributed by atoms with Crippen LogP contribution in [-0.2, 0) is 0 Å². The molecule has 0 bridgehead atoms. The molecular weight excluding hydrogens is 240 g/mol. The van der Waals surface area contributed by atoms with Gasteiger partial charge in [0.2, 0.25) is 0 Å². The molecule has 2 rings (SSSR count). The van der Waals surface area contributed by atoms with E-state index in [4.69, 9.17) is 4.74 Å². The second kappa shape index (κ2) is 5.96. The summed E-state index contributed by atoms with van der Waals surface area (Å²) in [6.07, 6.45) is 0.461. The molecule has 0 aliphatic carbocycles. The summed E-state index contributed by atoms with van der Waals surface area (Å²) in [5.74, 6) is 0.0950. The van der Waals surface area contributed by atoms with E-state index in [0.29, 0.717) is 23.3 Å². The maximum absolute atomic E-state index is 11.8. The van der Waals surface area contributed by atoms with E-state index in [1.165, 1.54) is 0 Å². The molecule has 0 aromatic heterocycles. The average Bonchev–Trinajstić information content (AvgIpc) is 2.48. The van der Waals surface area contributed by atoms with Crippen LogP contribution in [0.5, 0.6) is 5.75 Å². The lowest BCUT2D eigenvalue weighted by Gasteiger charge is -2.05. The van der Waals surface area contributed by atoms with E-state index in [1.807, 2.05) is 13.0 Å². The van der Waals surface area contributed by atoms with Gasteiger partial charge in [0.05, 0.1) is 5.56 Å². The van der Waals surface area contributed by atoms with E-state index >= 15 is 0 Å². The quantitative estimate of drug-likeness (QED) is 0.476. The molecule has 0 atom stereocenters.